The smallest absolute Gasteiger partial charge is 0.147 e. The second kappa shape index (κ2) is 6.76. The van der Waals surface area contributed by atoms with Crippen LogP contribution in [0.3, 0.4) is 0 Å². The quantitative estimate of drug-likeness (QED) is 0.762. The van der Waals surface area contributed by atoms with Crippen molar-refractivity contribution in [1.82, 2.24) is 0 Å². The van der Waals surface area contributed by atoms with Crippen molar-refractivity contribution >= 4 is 33.5 Å². The fourth-order valence-electron chi connectivity index (χ4n) is 1.59. The van der Waals surface area contributed by atoms with Crippen LogP contribution in [0.4, 0.5) is 0 Å². The number of halogens is 1. The van der Waals surface area contributed by atoms with Gasteiger partial charge in [0.2, 0.25) is 0 Å². The minimum absolute atomic E-state index is 0.246. The van der Waals surface area contributed by atoms with Crippen LogP contribution in [0.1, 0.15) is 5.56 Å². The first kappa shape index (κ1) is 13.4. The summed E-state index contributed by atoms with van der Waals surface area (Å²) in [5, 5.41) is 0. The Bertz CT molecular complexity index is 525. The van der Waals surface area contributed by atoms with Crippen molar-refractivity contribution < 1.29 is 4.79 Å². The molecule has 0 radical (unpaired) electrons. The molecule has 0 saturated heterocycles. The van der Waals surface area contributed by atoms with Gasteiger partial charge in [-0.1, -0.05) is 52.3 Å². The zero-order valence-corrected chi connectivity index (χ0v) is 12.2. The summed E-state index contributed by atoms with van der Waals surface area (Å²) < 4.78 is 1.00. The van der Waals surface area contributed by atoms with Crippen LogP contribution in [0.5, 0.6) is 0 Å². The van der Waals surface area contributed by atoms with E-state index >= 15 is 0 Å². The maximum absolute atomic E-state index is 11.9. The van der Waals surface area contributed by atoms with Gasteiger partial charge in [-0.3, -0.25) is 4.79 Å². The molecule has 1 nitrogen and oxygen atoms in total. The summed E-state index contributed by atoms with van der Waals surface area (Å²) in [5.74, 6) is 0.765. The van der Waals surface area contributed by atoms with Gasteiger partial charge in [0.25, 0.3) is 0 Å². The first-order valence-corrected chi connectivity index (χ1v) is 7.46. The van der Waals surface area contributed by atoms with Gasteiger partial charge in [-0.15, -0.1) is 11.8 Å². The second-order valence-corrected chi connectivity index (χ2v) is 5.81. The standard InChI is InChI=1S/C15H13BrOS/c16-15-9-5-4-6-12(15)10-13(17)11-18-14-7-2-1-3-8-14/h1-9H,10-11H2. The normalized spacial score (nSPS) is 10.3. The number of Topliss-reactive ketones (excluding diaryl/α,β-unsaturated/α-hetero) is 1. The molecular formula is C15H13BrOS. The van der Waals surface area contributed by atoms with Crippen LogP contribution >= 0.6 is 27.7 Å². The number of hydrogen-bond acceptors (Lipinski definition) is 2. The third-order valence-corrected chi connectivity index (χ3v) is 4.33. The summed E-state index contributed by atoms with van der Waals surface area (Å²) in [6.07, 6.45) is 0.487. The van der Waals surface area contributed by atoms with Crippen LogP contribution in [-0.2, 0) is 11.2 Å². The SMILES string of the molecule is O=C(CSc1ccccc1)Cc1ccccc1Br. The molecule has 0 saturated carbocycles. The van der Waals surface area contributed by atoms with E-state index in [0.717, 1.165) is 14.9 Å². The van der Waals surface area contributed by atoms with Crippen molar-refractivity contribution in [3.05, 3.63) is 64.6 Å². The topological polar surface area (TPSA) is 17.1 Å². The minimum Gasteiger partial charge on any atom is -0.298 e. The molecule has 0 heterocycles. The van der Waals surface area contributed by atoms with E-state index in [1.165, 1.54) is 0 Å². The molecule has 2 aromatic rings. The third-order valence-electron chi connectivity index (χ3n) is 2.49. The van der Waals surface area contributed by atoms with Gasteiger partial charge in [0.1, 0.15) is 5.78 Å². The number of rotatable bonds is 5. The molecule has 3 heteroatoms. The zero-order chi connectivity index (χ0) is 12.8. The van der Waals surface area contributed by atoms with Gasteiger partial charge in [-0.2, -0.15) is 0 Å². The van der Waals surface area contributed by atoms with Crippen molar-refractivity contribution in [2.45, 2.75) is 11.3 Å². The Morgan fingerprint density at radius 1 is 1.00 bits per heavy atom. The minimum atomic E-state index is 0.246. The largest absolute Gasteiger partial charge is 0.298 e. The molecule has 0 unspecified atom stereocenters. The van der Waals surface area contributed by atoms with Crippen LogP contribution in [0.15, 0.2) is 64.0 Å². The molecular weight excluding hydrogens is 308 g/mol. The predicted molar refractivity (Wildman–Crippen MR) is 80.0 cm³/mol. The Morgan fingerprint density at radius 3 is 2.39 bits per heavy atom. The van der Waals surface area contributed by atoms with Gasteiger partial charge in [0.05, 0.1) is 5.75 Å². The summed E-state index contributed by atoms with van der Waals surface area (Å²) in [4.78, 5) is 13.0. The van der Waals surface area contributed by atoms with Crippen LogP contribution < -0.4 is 0 Å². The lowest BCUT2D eigenvalue weighted by Gasteiger charge is -2.04. The van der Waals surface area contributed by atoms with Gasteiger partial charge >= 0.3 is 0 Å². The van der Waals surface area contributed by atoms with Crippen molar-refractivity contribution in [2.75, 3.05) is 5.75 Å². The molecule has 2 aromatic carbocycles. The fraction of sp³-hybridized carbons (Fsp3) is 0.133. The molecule has 0 N–H and O–H groups in total. The highest BCUT2D eigenvalue weighted by Gasteiger charge is 2.07. The van der Waals surface area contributed by atoms with Gasteiger partial charge in [0.15, 0.2) is 0 Å². The molecule has 92 valence electrons. The molecule has 0 aliphatic rings. The molecule has 0 bridgehead atoms. The predicted octanol–water partition coefficient (Wildman–Crippen LogP) is 4.35. The molecule has 0 spiro atoms. The number of ketones is 1. The lowest BCUT2D eigenvalue weighted by atomic mass is 10.1. The maximum atomic E-state index is 11.9. The Hall–Kier alpha value is -1.06. The van der Waals surface area contributed by atoms with Crippen molar-refractivity contribution in [3.8, 4) is 0 Å². The Kier molecular flexibility index (Phi) is 5.02. The van der Waals surface area contributed by atoms with E-state index in [-0.39, 0.29) is 5.78 Å². The Labute approximate surface area is 120 Å². The van der Waals surface area contributed by atoms with E-state index in [9.17, 15) is 4.79 Å². The first-order valence-electron chi connectivity index (χ1n) is 5.68. The monoisotopic (exact) mass is 320 g/mol. The second-order valence-electron chi connectivity index (χ2n) is 3.91. The highest BCUT2D eigenvalue weighted by atomic mass is 79.9. The average molecular weight is 321 g/mol. The number of benzene rings is 2. The van der Waals surface area contributed by atoms with E-state index < -0.39 is 0 Å². The Morgan fingerprint density at radius 2 is 1.67 bits per heavy atom. The number of hydrogen-bond donors (Lipinski definition) is 0. The molecule has 0 aromatic heterocycles. The molecule has 18 heavy (non-hydrogen) atoms. The van der Waals surface area contributed by atoms with Crippen LogP contribution in [0.2, 0.25) is 0 Å². The summed E-state index contributed by atoms with van der Waals surface area (Å²) in [6.45, 7) is 0. The summed E-state index contributed by atoms with van der Waals surface area (Å²) in [7, 11) is 0. The van der Waals surface area contributed by atoms with E-state index in [1.54, 1.807) is 11.8 Å². The highest BCUT2D eigenvalue weighted by molar-refractivity contribution is 9.10. The van der Waals surface area contributed by atoms with Crippen molar-refractivity contribution in [3.63, 3.8) is 0 Å². The van der Waals surface area contributed by atoms with Gasteiger partial charge in [-0.25, -0.2) is 0 Å². The molecule has 0 amide bonds. The van der Waals surface area contributed by atoms with E-state index in [2.05, 4.69) is 15.9 Å². The van der Waals surface area contributed by atoms with Crippen LogP contribution in [0, 0.1) is 0 Å². The average Bonchev–Trinajstić information content (AvgIpc) is 2.40. The van der Waals surface area contributed by atoms with Gasteiger partial charge in [0, 0.05) is 15.8 Å². The molecule has 2 rings (SSSR count). The molecule has 0 aliphatic carbocycles. The maximum Gasteiger partial charge on any atom is 0.147 e. The van der Waals surface area contributed by atoms with E-state index in [1.807, 2.05) is 54.6 Å². The van der Waals surface area contributed by atoms with Crippen LogP contribution in [-0.4, -0.2) is 11.5 Å². The van der Waals surface area contributed by atoms with E-state index in [0.29, 0.717) is 12.2 Å². The van der Waals surface area contributed by atoms with Gasteiger partial charge < -0.3 is 0 Å². The first-order chi connectivity index (χ1) is 8.75. The number of carbonyl (C=O) groups excluding carboxylic acids is 1. The Balaban J connectivity index is 1.88. The summed E-state index contributed by atoms with van der Waals surface area (Å²) in [6, 6.07) is 17.9. The van der Waals surface area contributed by atoms with Crippen molar-refractivity contribution in [1.29, 1.82) is 0 Å². The molecule has 0 aliphatic heterocycles. The molecule has 0 atom stereocenters. The van der Waals surface area contributed by atoms with Crippen molar-refractivity contribution in [2.24, 2.45) is 0 Å². The fourth-order valence-corrected chi connectivity index (χ4v) is 2.79. The lowest BCUT2D eigenvalue weighted by Crippen LogP contribution is -2.06. The summed E-state index contributed by atoms with van der Waals surface area (Å²) >= 11 is 5.05. The zero-order valence-electron chi connectivity index (χ0n) is 9.80. The van der Waals surface area contributed by atoms with Gasteiger partial charge in [-0.05, 0) is 23.8 Å². The third kappa shape index (κ3) is 4.00. The molecule has 0 fully saturated rings. The summed E-state index contributed by atoms with van der Waals surface area (Å²) in [5.41, 5.74) is 1.05. The lowest BCUT2D eigenvalue weighted by molar-refractivity contribution is -0.116. The van der Waals surface area contributed by atoms with E-state index in [4.69, 9.17) is 0 Å². The highest BCUT2D eigenvalue weighted by Crippen LogP contribution is 2.20. The van der Waals surface area contributed by atoms with Crippen LogP contribution in [0.25, 0.3) is 0 Å². The number of thioether (sulfide) groups is 1. The number of carbonyl (C=O) groups is 1.